The lowest BCUT2D eigenvalue weighted by molar-refractivity contribution is -0.0462. The molecule has 2 saturated heterocycles. The van der Waals surface area contributed by atoms with E-state index in [0.29, 0.717) is 51.3 Å². The minimum Gasteiger partial charge on any atom is -0.490 e. The number of carbonyl (C=O) groups is 2. The molecule has 0 spiro atoms. The number of hydrogen-bond donors (Lipinski definition) is 1. The summed E-state index contributed by atoms with van der Waals surface area (Å²) in [5.41, 5.74) is 1.23. The minimum absolute atomic E-state index is 0.0436. The molecule has 2 aromatic carbocycles. The Kier molecular flexibility index (Phi) is 8.39. The third-order valence-electron chi connectivity index (χ3n) is 8.44. The van der Waals surface area contributed by atoms with Crippen LogP contribution >= 0.6 is 0 Å². The number of rotatable bonds is 5. The molecule has 4 rings (SSSR count). The Morgan fingerprint density at radius 1 is 1.08 bits per heavy atom. The highest BCUT2D eigenvalue weighted by Crippen LogP contribution is 2.38. The number of likely N-dealkylation sites (tertiary alicyclic amines) is 1. The second-order valence-corrected chi connectivity index (χ2v) is 11.9. The standard InChI is InChI=1S/C30H41FN4O4/c1-29(2,3)30(4)21-33(17-18-35(30)28(37)38)20-22-9-11-24(12-10-22)32(5)27(36)34-15-13-25(14-16-34)39-26-8-6-7-23(31)19-26/h6-12,19,25H,13-18,20-21H2,1-5H3,(H,37,38)/t30-/m1/s1. The van der Waals surface area contributed by atoms with Gasteiger partial charge in [-0.05, 0) is 42.2 Å². The Balaban J connectivity index is 1.31. The summed E-state index contributed by atoms with van der Waals surface area (Å²) in [6.45, 7) is 12.0. The number of benzene rings is 2. The van der Waals surface area contributed by atoms with Crippen molar-refractivity contribution in [3.8, 4) is 5.75 Å². The Bertz CT molecular complexity index is 1160. The van der Waals surface area contributed by atoms with Gasteiger partial charge in [0.1, 0.15) is 17.7 Å². The van der Waals surface area contributed by atoms with E-state index < -0.39 is 11.6 Å². The van der Waals surface area contributed by atoms with Gasteiger partial charge >= 0.3 is 12.1 Å². The molecule has 3 amide bonds. The van der Waals surface area contributed by atoms with Gasteiger partial charge < -0.3 is 14.7 Å². The van der Waals surface area contributed by atoms with Crippen LogP contribution in [-0.2, 0) is 6.54 Å². The molecule has 212 valence electrons. The molecule has 2 aromatic rings. The van der Waals surface area contributed by atoms with Crippen LogP contribution in [0.15, 0.2) is 48.5 Å². The molecule has 2 aliphatic rings. The van der Waals surface area contributed by atoms with Gasteiger partial charge in [-0.1, -0.05) is 39.0 Å². The summed E-state index contributed by atoms with van der Waals surface area (Å²) in [5.74, 6) is 0.195. The van der Waals surface area contributed by atoms with E-state index >= 15 is 0 Å². The van der Waals surface area contributed by atoms with Crippen LogP contribution in [0.5, 0.6) is 5.75 Å². The van der Waals surface area contributed by atoms with Crippen LogP contribution in [0.2, 0.25) is 0 Å². The van der Waals surface area contributed by atoms with Crippen LogP contribution in [0.1, 0.15) is 46.1 Å². The first-order valence-electron chi connectivity index (χ1n) is 13.6. The molecule has 2 heterocycles. The SMILES string of the molecule is CN(C(=O)N1CCC(Oc2cccc(F)c2)CC1)c1ccc(CN2CCN(C(=O)O)[C@@](C)(C(C)(C)C)C2)cc1. The predicted molar refractivity (Wildman–Crippen MR) is 150 cm³/mol. The van der Waals surface area contributed by atoms with Crippen LogP contribution < -0.4 is 9.64 Å². The second kappa shape index (κ2) is 11.4. The van der Waals surface area contributed by atoms with Crippen molar-refractivity contribution in [2.75, 3.05) is 44.7 Å². The third kappa shape index (κ3) is 6.46. The summed E-state index contributed by atoms with van der Waals surface area (Å²) in [4.78, 5) is 32.5. The average Bonchev–Trinajstić information content (AvgIpc) is 2.88. The van der Waals surface area contributed by atoms with E-state index in [-0.39, 0.29) is 23.4 Å². The van der Waals surface area contributed by atoms with E-state index in [1.165, 1.54) is 12.1 Å². The van der Waals surface area contributed by atoms with Crippen molar-refractivity contribution in [1.29, 1.82) is 0 Å². The van der Waals surface area contributed by atoms with Crippen LogP contribution in [0.25, 0.3) is 0 Å². The highest BCUT2D eigenvalue weighted by atomic mass is 19.1. The summed E-state index contributed by atoms with van der Waals surface area (Å²) in [6, 6.07) is 14.1. The fourth-order valence-electron chi connectivity index (χ4n) is 5.48. The van der Waals surface area contributed by atoms with Crippen molar-refractivity contribution in [3.63, 3.8) is 0 Å². The number of anilines is 1. The molecule has 9 heteroatoms. The van der Waals surface area contributed by atoms with Crippen molar-refractivity contribution < 1.29 is 23.8 Å². The third-order valence-corrected chi connectivity index (χ3v) is 8.44. The fourth-order valence-corrected chi connectivity index (χ4v) is 5.48. The lowest BCUT2D eigenvalue weighted by atomic mass is 9.72. The monoisotopic (exact) mass is 540 g/mol. The zero-order chi connectivity index (χ0) is 28.4. The Morgan fingerprint density at radius 3 is 2.33 bits per heavy atom. The summed E-state index contributed by atoms with van der Waals surface area (Å²) in [6.07, 6.45) is 0.473. The molecule has 39 heavy (non-hydrogen) atoms. The molecule has 1 N–H and O–H groups in total. The van der Waals surface area contributed by atoms with E-state index in [4.69, 9.17) is 4.74 Å². The molecule has 0 unspecified atom stereocenters. The molecule has 0 aliphatic carbocycles. The molecule has 2 aliphatic heterocycles. The van der Waals surface area contributed by atoms with Gasteiger partial charge in [0, 0.05) is 70.9 Å². The van der Waals surface area contributed by atoms with E-state index in [0.717, 1.165) is 17.8 Å². The maximum absolute atomic E-state index is 13.4. The molecule has 0 aromatic heterocycles. The van der Waals surface area contributed by atoms with Gasteiger partial charge in [-0.2, -0.15) is 0 Å². The van der Waals surface area contributed by atoms with E-state index in [1.54, 1.807) is 29.0 Å². The lowest BCUT2D eigenvalue weighted by Crippen LogP contribution is -2.67. The van der Waals surface area contributed by atoms with Crippen LogP contribution in [-0.4, -0.2) is 83.3 Å². The first kappa shape index (κ1) is 28.7. The number of urea groups is 1. The van der Waals surface area contributed by atoms with Crippen molar-refractivity contribution >= 4 is 17.8 Å². The average molecular weight is 541 g/mol. The van der Waals surface area contributed by atoms with Gasteiger partial charge in [0.05, 0.1) is 5.54 Å². The number of nitrogens with zero attached hydrogens (tertiary/aromatic N) is 4. The van der Waals surface area contributed by atoms with Crippen molar-refractivity contribution in [3.05, 3.63) is 59.9 Å². The minimum atomic E-state index is -0.868. The maximum Gasteiger partial charge on any atom is 0.407 e. The van der Waals surface area contributed by atoms with Crippen molar-refractivity contribution in [2.45, 2.75) is 58.7 Å². The van der Waals surface area contributed by atoms with Crippen LogP contribution in [0.4, 0.5) is 19.7 Å². The van der Waals surface area contributed by atoms with Gasteiger partial charge in [0.2, 0.25) is 0 Å². The molecule has 0 radical (unpaired) electrons. The number of amides is 3. The zero-order valence-electron chi connectivity index (χ0n) is 23.7. The van der Waals surface area contributed by atoms with Crippen LogP contribution in [0, 0.1) is 11.2 Å². The molecular weight excluding hydrogens is 499 g/mol. The Morgan fingerprint density at radius 2 is 1.74 bits per heavy atom. The summed E-state index contributed by atoms with van der Waals surface area (Å²) < 4.78 is 19.3. The van der Waals surface area contributed by atoms with Gasteiger partial charge in [-0.15, -0.1) is 0 Å². The zero-order valence-corrected chi connectivity index (χ0v) is 23.7. The van der Waals surface area contributed by atoms with Crippen LogP contribution in [0.3, 0.4) is 0 Å². The van der Waals surface area contributed by atoms with E-state index in [9.17, 15) is 19.1 Å². The molecule has 0 saturated carbocycles. The summed E-state index contributed by atoms with van der Waals surface area (Å²) in [5, 5.41) is 9.77. The van der Waals surface area contributed by atoms with Crippen molar-refractivity contribution in [2.24, 2.45) is 5.41 Å². The van der Waals surface area contributed by atoms with E-state index in [2.05, 4.69) is 25.7 Å². The number of piperidine rings is 1. The topological polar surface area (TPSA) is 76.6 Å². The largest absolute Gasteiger partial charge is 0.490 e. The maximum atomic E-state index is 13.4. The van der Waals surface area contributed by atoms with Crippen molar-refractivity contribution in [1.82, 2.24) is 14.7 Å². The number of halogens is 1. The number of hydrogen-bond acceptors (Lipinski definition) is 4. The number of piperazine rings is 1. The number of ether oxygens (including phenoxy) is 1. The molecular formula is C30H41FN4O4. The quantitative estimate of drug-likeness (QED) is 0.540. The molecule has 1 atom stereocenters. The van der Waals surface area contributed by atoms with Gasteiger partial charge in [-0.25, -0.2) is 14.0 Å². The second-order valence-electron chi connectivity index (χ2n) is 11.9. The molecule has 8 nitrogen and oxygen atoms in total. The Labute approximate surface area is 230 Å². The Hall–Kier alpha value is -3.33. The highest BCUT2D eigenvalue weighted by Gasteiger charge is 2.48. The normalized spacial score (nSPS) is 21.1. The first-order chi connectivity index (χ1) is 18.4. The molecule has 0 bridgehead atoms. The fraction of sp³-hybridized carbons (Fsp3) is 0.533. The van der Waals surface area contributed by atoms with Gasteiger partial charge in [0.25, 0.3) is 0 Å². The lowest BCUT2D eigenvalue weighted by Gasteiger charge is -2.54. The van der Waals surface area contributed by atoms with Gasteiger partial charge in [-0.3, -0.25) is 14.7 Å². The summed E-state index contributed by atoms with van der Waals surface area (Å²) in [7, 11) is 1.78. The number of carbonyl (C=O) groups excluding carboxylic acids is 1. The number of carboxylic acid groups (broad SMARTS) is 1. The van der Waals surface area contributed by atoms with Gasteiger partial charge in [0.15, 0.2) is 0 Å². The smallest absolute Gasteiger partial charge is 0.407 e. The highest BCUT2D eigenvalue weighted by molar-refractivity contribution is 5.91. The summed E-state index contributed by atoms with van der Waals surface area (Å²) >= 11 is 0. The first-order valence-corrected chi connectivity index (χ1v) is 13.6. The predicted octanol–water partition coefficient (Wildman–Crippen LogP) is 5.53. The molecule has 2 fully saturated rings. The van der Waals surface area contributed by atoms with E-state index in [1.807, 2.05) is 36.1 Å².